The normalized spacial score (nSPS) is 43.6. The molecule has 20 heavy (non-hydrogen) atoms. The third-order valence-corrected chi connectivity index (χ3v) is 5.10. The summed E-state index contributed by atoms with van der Waals surface area (Å²) < 4.78 is 5.22. The number of hydrogen-bond acceptors (Lipinski definition) is 5. The molecule has 1 aliphatic carbocycles. The number of likely N-dealkylation sites (tertiary alicyclic amines) is 1. The summed E-state index contributed by atoms with van der Waals surface area (Å²) in [7, 11) is 1.76. The van der Waals surface area contributed by atoms with E-state index in [9.17, 15) is 15.3 Å². The van der Waals surface area contributed by atoms with E-state index in [2.05, 4.69) is 4.90 Å². The van der Waals surface area contributed by atoms with Crippen LogP contribution in [0.4, 0.5) is 0 Å². The topological polar surface area (TPSA) is 73.2 Å². The summed E-state index contributed by atoms with van der Waals surface area (Å²) >= 11 is 0. The molecule has 118 valence electrons. The molecule has 1 heterocycles. The highest BCUT2D eigenvalue weighted by molar-refractivity contribution is 4.93. The Morgan fingerprint density at radius 3 is 2.20 bits per heavy atom. The van der Waals surface area contributed by atoms with Gasteiger partial charge in [0, 0.05) is 32.8 Å². The predicted octanol–water partition coefficient (Wildman–Crippen LogP) is 0.226. The monoisotopic (exact) mass is 287 g/mol. The molecule has 5 nitrogen and oxygen atoms in total. The van der Waals surface area contributed by atoms with E-state index in [1.165, 1.54) is 25.7 Å². The molecule has 0 unspecified atom stereocenters. The number of aliphatic hydroxyl groups excluding tert-OH is 3. The molecule has 0 radical (unpaired) electrons. The Labute approximate surface area is 121 Å². The van der Waals surface area contributed by atoms with Gasteiger partial charge < -0.3 is 20.1 Å². The van der Waals surface area contributed by atoms with Crippen LogP contribution in [-0.2, 0) is 4.74 Å². The van der Waals surface area contributed by atoms with Crippen molar-refractivity contribution in [1.29, 1.82) is 0 Å². The van der Waals surface area contributed by atoms with E-state index in [4.69, 9.17) is 4.74 Å². The first kappa shape index (κ1) is 16.2. The lowest BCUT2D eigenvalue weighted by Crippen LogP contribution is -2.60. The summed E-state index contributed by atoms with van der Waals surface area (Å²) in [6.45, 7) is 4.14. The van der Waals surface area contributed by atoms with Gasteiger partial charge >= 0.3 is 0 Å². The van der Waals surface area contributed by atoms with Crippen LogP contribution in [0.15, 0.2) is 0 Å². The van der Waals surface area contributed by atoms with Crippen molar-refractivity contribution in [3.63, 3.8) is 0 Å². The Bertz CT molecular complexity index is 294. The van der Waals surface area contributed by atoms with E-state index in [0.29, 0.717) is 18.4 Å². The van der Waals surface area contributed by atoms with Crippen LogP contribution in [0.25, 0.3) is 0 Å². The lowest BCUT2D eigenvalue weighted by Gasteiger charge is -2.44. The number of piperidine rings is 1. The van der Waals surface area contributed by atoms with Gasteiger partial charge in [0.05, 0.1) is 12.2 Å². The fourth-order valence-electron chi connectivity index (χ4n) is 3.63. The maximum atomic E-state index is 9.96. The van der Waals surface area contributed by atoms with Gasteiger partial charge in [-0.1, -0.05) is 0 Å². The Morgan fingerprint density at radius 1 is 1.00 bits per heavy atom. The minimum absolute atomic E-state index is 0.0925. The molecule has 5 heteroatoms. The molecule has 0 bridgehead atoms. The number of nitrogens with zero attached hydrogens (tertiary/aromatic N) is 1. The quantitative estimate of drug-likeness (QED) is 0.690. The minimum atomic E-state index is -1.02. The second-order valence-electron chi connectivity index (χ2n) is 6.59. The van der Waals surface area contributed by atoms with Crippen molar-refractivity contribution in [3.8, 4) is 0 Å². The highest BCUT2D eigenvalue weighted by atomic mass is 16.5. The van der Waals surface area contributed by atoms with Crippen LogP contribution in [0, 0.1) is 11.8 Å². The molecule has 0 aromatic rings. The average Bonchev–Trinajstić information content (AvgIpc) is 2.45. The second-order valence-corrected chi connectivity index (χ2v) is 6.59. The number of ether oxygens (including phenoxy) is 1. The van der Waals surface area contributed by atoms with Gasteiger partial charge in [-0.25, -0.2) is 0 Å². The molecule has 1 saturated heterocycles. The lowest BCUT2D eigenvalue weighted by molar-refractivity contribution is -0.136. The number of methoxy groups -OCH3 is 1. The summed E-state index contributed by atoms with van der Waals surface area (Å²) in [6.07, 6.45) is 2.06. The van der Waals surface area contributed by atoms with Crippen molar-refractivity contribution < 1.29 is 20.1 Å². The Hall–Kier alpha value is -0.200. The zero-order valence-electron chi connectivity index (χ0n) is 12.6. The van der Waals surface area contributed by atoms with Gasteiger partial charge in [-0.2, -0.15) is 0 Å². The first-order valence-corrected chi connectivity index (χ1v) is 7.80. The van der Waals surface area contributed by atoms with E-state index in [-0.39, 0.29) is 6.04 Å². The molecule has 0 spiro atoms. The van der Waals surface area contributed by atoms with Crippen LogP contribution < -0.4 is 0 Å². The molecule has 0 aromatic carbocycles. The van der Waals surface area contributed by atoms with Gasteiger partial charge in [0.25, 0.3) is 0 Å². The zero-order valence-corrected chi connectivity index (χ0v) is 12.6. The molecule has 1 aliphatic heterocycles. The number of β-amino-alcohol motifs (C(OH)–C–C–N with tert-alkyl or cyclic N) is 1. The summed E-state index contributed by atoms with van der Waals surface area (Å²) in [5.41, 5.74) is 0. The van der Waals surface area contributed by atoms with Crippen molar-refractivity contribution in [1.82, 2.24) is 4.90 Å². The van der Waals surface area contributed by atoms with Crippen LogP contribution in [0.2, 0.25) is 0 Å². The Morgan fingerprint density at radius 2 is 1.60 bits per heavy atom. The third kappa shape index (κ3) is 3.71. The molecule has 1 saturated carbocycles. The van der Waals surface area contributed by atoms with Crippen molar-refractivity contribution in [2.45, 2.75) is 57.0 Å². The molecule has 2 fully saturated rings. The zero-order chi connectivity index (χ0) is 14.7. The molecule has 0 amide bonds. The Kier molecular flexibility index (Phi) is 5.81. The van der Waals surface area contributed by atoms with Gasteiger partial charge in [0.1, 0.15) is 6.10 Å². The van der Waals surface area contributed by atoms with Gasteiger partial charge in [-0.05, 0) is 44.4 Å². The van der Waals surface area contributed by atoms with Crippen molar-refractivity contribution in [2.75, 3.05) is 26.8 Å². The summed E-state index contributed by atoms with van der Waals surface area (Å²) in [5.74, 6) is 1.31. The van der Waals surface area contributed by atoms with Gasteiger partial charge in [-0.3, -0.25) is 4.90 Å². The van der Waals surface area contributed by atoms with Gasteiger partial charge in [0.15, 0.2) is 0 Å². The number of rotatable bonds is 4. The standard InChI is InChI=1S/C15H29NO4/c1-10-14(18)15(19)13(17)8-16(10)7-11-3-5-12(6-4-11)9-20-2/h10-15,17-19H,3-9H2,1-2H3/t10-,11?,12?,13+,14-,15-/m1/s1. The Balaban J connectivity index is 1.81. The number of aliphatic hydroxyl groups is 3. The highest BCUT2D eigenvalue weighted by Gasteiger charge is 2.39. The van der Waals surface area contributed by atoms with Crippen LogP contribution in [0.3, 0.4) is 0 Å². The van der Waals surface area contributed by atoms with Crippen LogP contribution >= 0.6 is 0 Å². The minimum Gasteiger partial charge on any atom is -0.389 e. The molecule has 0 aromatic heterocycles. The van der Waals surface area contributed by atoms with E-state index in [0.717, 1.165) is 13.2 Å². The lowest BCUT2D eigenvalue weighted by atomic mass is 9.81. The predicted molar refractivity (Wildman–Crippen MR) is 76.4 cm³/mol. The van der Waals surface area contributed by atoms with Crippen molar-refractivity contribution in [2.24, 2.45) is 11.8 Å². The van der Waals surface area contributed by atoms with Crippen LogP contribution in [0.5, 0.6) is 0 Å². The van der Waals surface area contributed by atoms with Gasteiger partial charge in [-0.15, -0.1) is 0 Å². The maximum absolute atomic E-state index is 9.96. The molecular formula is C15H29NO4. The smallest absolute Gasteiger partial charge is 0.108 e. The summed E-state index contributed by atoms with van der Waals surface area (Å²) in [5, 5.41) is 29.5. The van der Waals surface area contributed by atoms with E-state index >= 15 is 0 Å². The summed E-state index contributed by atoms with van der Waals surface area (Å²) in [4.78, 5) is 2.13. The van der Waals surface area contributed by atoms with Crippen molar-refractivity contribution >= 4 is 0 Å². The molecule has 4 atom stereocenters. The van der Waals surface area contributed by atoms with Gasteiger partial charge in [0.2, 0.25) is 0 Å². The third-order valence-electron chi connectivity index (χ3n) is 5.10. The molecule has 2 rings (SSSR count). The van der Waals surface area contributed by atoms with E-state index in [1.807, 2.05) is 6.92 Å². The molecular weight excluding hydrogens is 258 g/mol. The van der Waals surface area contributed by atoms with Crippen molar-refractivity contribution in [3.05, 3.63) is 0 Å². The fraction of sp³-hybridized carbons (Fsp3) is 1.00. The van der Waals surface area contributed by atoms with Crippen LogP contribution in [-0.4, -0.2) is 71.4 Å². The number of hydrogen-bond donors (Lipinski definition) is 3. The SMILES string of the molecule is COCC1CCC(CN2C[C@H](O)[C@@H](O)[C@H](O)[C@H]2C)CC1. The molecule has 3 N–H and O–H groups in total. The average molecular weight is 287 g/mol. The maximum Gasteiger partial charge on any atom is 0.108 e. The summed E-state index contributed by atoms with van der Waals surface area (Å²) in [6, 6.07) is -0.0925. The molecule has 2 aliphatic rings. The van der Waals surface area contributed by atoms with E-state index in [1.54, 1.807) is 7.11 Å². The fourth-order valence-corrected chi connectivity index (χ4v) is 3.63. The van der Waals surface area contributed by atoms with E-state index < -0.39 is 18.3 Å². The largest absolute Gasteiger partial charge is 0.389 e. The first-order valence-electron chi connectivity index (χ1n) is 7.80. The second kappa shape index (κ2) is 7.18. The first-order chi connectivity index (χ1) is 9.52. The highest BCUT2D eigenvalue weighted by Crippen LogP contribution is 2.31. The van der Waals surface area contributed by atoms with Crippen LogP contribution in [0.1, 0.15) is 32.6 Å².